The van der Waals surface area contributed by atoms with Crippen LogP contribution in [0.15, 0.2) is 95.0 Å². The number of carbonyl (C=O) groups is 2. The van der Waals surface area contributed by atoms with E-state index in [0.717, 1.165) is 33.6 Å². The number of alkyl halides is 1. The van der Waals surface area contributed by atoms with Gasteiger partial charge in [0.2, 0.25) is 0 Å². The Morgan fingerprint density at radius 1 is 0.850 bits per heavy atom. The SMILES string of the molecule is CN(C)c1ccc2c(c1)Oc1cc(N(C)C)ccc1C2=C1C=CC(=NC(=O)c2ccc(CCl)cc2)C=C1C(=O)O. The quantitative estimate of drug-likeness (QED) is 0.291. The molecule has 1 aliphatic carbocycles. The Kier molecular flexibility index (Phi) is 7.32. The van der Waals surface area contributed by atoms with Gasteiger partial charge < -0.3 is 19.6 Å². The van der Waals surface area contributed by atoms with E-state index in [4.69, 9.17) is 16.3 Å². The van der Waals surface area contributed by atoms with Crippen molar-refractivity contribution in [2.75, 3.05) is 38.0 Å². The van der Waals surface area contributed by atoms with Gasteiger partial charge in [-0.3, -0.25) is 4.79 Å². The number of aliphatic carboxylic acids is 1. The average Bonchev–Trinajstić information content (AvgIpc) is 2.95. The predicted molar refractivity (Wildman–Crippen MR) is 160 cm³/mol. The van der Waals surface area contributed by atoms with Gasteiger partial charge in [0.15, 0.2) is 0 Å². The number of benzene rings is 3. The minimum absolute atomic E-state index is 0.0358. The second-order valence-corrected chi connectivity index (χ2v) is 10.2. The minimum atomic E-state index is -1.12. The molecule has 0 saturated heterocycles. The lowest BCUT2D eigenvalue weighted by Gasteiger charge is -2.28. The second-order valence-electron chi connectivity index (χ2n) is 9.91. The maximum Gasteiger partial charge on any atom is 0.336 e. The number of rotatable bonds is 5. The molecule has 1 heterocycles. The standard InChI is InChI=1S/C32H28ClN3O4/c1-35(2)22-10-13-25-28(16-22)40-29-17-23(36(3)4)11-14-26(29)30(25)24-12-9-21(15-27(24)32(38)39)34-31(37)20-7-5-19(18-33)6-8-20/h5-17H,18H2,1-4H3,(H,38,39). The van der Waals surface area contributed by atoms with E-state index in [1.54, 1.807) is 36.4 Å². The summed E-state index contributed by atoms with van der Waals surface area (Å²) in [5.41, 5.74) is 6.28. The van der Waals surface area contributed by atoms with Crippen LogP contribution < -0.4 is 14.5 Å². The van der Waals surface area contributed by atoms with E-state index < -0.39 is 11.9 Å². The summed E-state index contributed by atoms with van der Waals surface area (Å²) >= 11 is 5.84. The Balaban J connectivity index is 1.65. The number of carbonyl (C=O) groups excluding carboxylic acids is 1. The highest BCUT2D eigenvalue weighted by molar-refractivity contribution is 6.19. The lowest BCUT2D eigenvalue weighted by atomic mass is 9.84. The predicted octanol–water partition coefficient (Wildman–Crippen LogP) is 6.33. The van der Waals surface area contributed by atoms with Gasteiger partial charge in [0.25, 0.3) is 5.91 Å². The fourth-order valence-corrected chi connectivity index (χ4v) is 4.81. The molecule has 0 radical (unpaired) electrons. The Morgan fingerprint density at radius 3 is 1.93 bits per heavy atom. The Bertz CT molecular complexity index is 1590. The van der Waals surface area contributed by atoms with Crippen LogP contribution >= 0.6 is 11.6 Å². The second kappa shape index (κ2) is 10.9. The molecule has 7 nitrogen and oxygen atoms in total. The molecular formula is C32H28ClN3O4. The van der Waals surface area contributed by atoms with Crippen LogP contribution in [0.2, 0.25) is 0 Å². The number of anilines is 2. The number of hydrogen-bond donors (Lipinski definition) is 1. The highest BCUT2D eigenvalue weighted by Gasteiger charge is 2.29. The van der Waals surface area contributed by atoms with Crippen LogP contribution in [-0.2, 0) is 10.7 Å². The number of nitrogens with zero attached hydrogens (tertiary/aromatic N) is 3. The van der Waals surface area contributed by atoms with Gasteiger partial charge in [-0.05, 0) is 59.7 Å². The van der Waals surface area contributed by atoms with E-state index in [9.17, 15) is 14.7 Å². The largest absolute Gasteiger partial charge is 0.478 e. The summed E-state index contributed by atoms with van der Waals surface area (Å²) in [5.74, 6) is 0.0171. The van der Waals surface area contributed by atoms with Crippen molar-refractivity contribution in [2.45, 2.75) is 5.88 Å². The van der Waals surface area contributed by atoms with Crippen LogP contribution in [0.5, 0.6) is 11.5 Å². The van der Waals surface area contributed by atoms with Gasteiger partial charge in [-0.15, -0.1) is 11.6 Å². The first kappa shape index (κ1) is 27.0. The van der Waals surface area contributed by atoms with Gasteiger partial charge in [0.05, 0.1) is 11.3 Å². The smallest absolute Gasteiger partial charge is 0.336 e. The molecule has 202 valence electrons. The number of aliphatic imine (C=N–C) groups is 1. The molecule has 0 aromatic heterocycles. The monoisotopic (exact) mass is 553 g/mol. The van der Waals surface area contributed by atoms with Gasteiger partial charge in [0.1, 0.15) is 11.5 Å². The van der Waals surface area contributed by atoms with E-state index in [-0.39, 0.29) is 11.3 Å². The zero-order valence-corrected chi connectivity index (χ0v) is 23.4. The number of carboxylic acid groups (broad SMARTS) is 1. The molecule has 3 aromatic carbocycles. The van der Waals surface area contributed by atoms with Crippen molar-refractivity contribution in [1.82, 2.24) is 0 Å². The zero-order chi connectivity index (χ0) is 28.6. The summed E-state index contributed by atoms with van der Waals surface area (Å²) in [7, 11) is 7.80. The normalized spacial score (nSPS) is 14.7. The lowest BCUT2D eigenvalue weighted by Crippen LogP contribution is -2.15. The van der Waals surface area contributed by atoms with Crippen molar-refractivity contribution >= 4 is 46.1 Å². The van der Waals surface area contributed by atoms with Crippen LogP contribution in [0.3, 0.4) is 0 Å². The third-order valence-electron chi connectivity index (χ3n) is 6.81. The van der Waals surface area contributed by atoms with Gasteiger partial charge in [-0.2, -0.15) is 0 Å². The van der Waals surface area contributed by atoms with Crippen molar-refractivity contribution in [2.24, 2.45) is 4.99 Å². The number of amides is 1. The molecule has 1 aliphatic heterocycles. The number of fused-ring (bicyclic) bond motifs is 2. The van der Waals surface area contributed by atoms with Gasteiger partial charge in [-0.25, -0.2) is 9.79 Å². The Morgan fingerprint density at radius 2 is 1.43 bits per heavy atom. The van der Waals surface area contributed by atoms with Crippen LogP contribution in [0.4, 0.5) is 11.4 Å². The van der Waals surface area contributed by atoms with Crippen molar-refractivity contribution in [3.8, 4) is 11.5 Å². The molecule has 1 amide bonds. The van der Waals surface area contributed by atoms with E-state index in [1.807, 2.05) is 74.4 Å². The molecule has 2 aliphatic rings. The number of carboxylic acids is 1. The molecule has 8 heteroatoms. The molecule has 0 bridgehead atoms. The minimum Gasteiger partial charge on any atom is -0.478 e. The molecule has 1 N–H and O–H groups in total. The van der Waals surface area contributed by atoms with Gasteiger partial charge in [0, 0.05) is 79.8 Å². The van der Waals surface area contributed by atoms with Crippen molar-refractivity contribution < 1.29 is 19.4 Å². The first-order chi connectivity index (χ1) is 19.2. The average molecular weight is 554 g/mol. The molecule has 0 saturated carbocycles. The van der Waals surface area contributed by atoms with Crippen molar-refractivity contribution in [3.05, 3.63) is 112 Å². The number of ether oxygens (including phenoxy) is 1. The summed E-state index contributed by atoms with van der Waals surface area (Å²) < 4.78 is 6.36. The molecular weight excluding hydrogens is 526 g/mol. The van der Waals surface area contributed by atoms with E-state index in [2.05, 4.69) is 4.99 Å². The summed E-state index contributed by atoms with van der Waals surface area (Å²) in [4.78, 5) is 33.5. The summed E-state index contributed by atoms with van der Waals surface area (Å²) in [5, 5.41) is 10.3. The molecule has 3 aromatic rings. The van der Waals surface area contributed by atoms with Crippen molar-refractivity contribution in [1.29, 1.82) is 0 Å². The van der Waals surface area contributed by atoms with Crippen LogP contribution in [0.25, 0.3) is 5.57 Å². The number of hydrogen-bond acceptors (Lipinski definition) is 5. The van der Waals surface area contributed by atoms with Gasteiger partial charge in [-0.1, -0.05) is 18.2 Å². The first-order valence-electron chi connectivity index (χ1n) is 12.6. The molecule has 0 atom stereocenters. The fraction of sp³-hybridized carbons (Fsp3) is 0.156. The third kappa shape index (κ3) is 5.16. The zero-order valence-electron chi connectivity index (χ0n) is 22.6. The number of allylic oxidation sites excluding steroid dienone is 3. The van der Waals surface area contributed by atoms with Crippen molar-refractivity contribution in [3.63, 3.8) is 0 Å². The molecule has 0 unspecified atom stereocenters. The molecule has 40 heavy (non-hydrogen) atoms. The number of halogens is 1. The van der Waals surface area contributed by atoms with Gasteiger partial charge >= 0.3 is 5.97 Å². The summed E-state index contributed by atoms with van der Waals surface area (Å²) in [6.45, 7) is 0. The Hall–Kier alpha value is -4.62. The Labute approximate surface area is 238 Å². The highest BCUT2D eigenvalue weighted by Crippen LogP contribution is 2.48. The maximum atomic E-state index is 12.8. The van der Waals surface area contributed by atoms with E-state index >= 15 is 0 Å². The van der Waals surface area contributed by atoms with Crippen LogP contribution in [0, 0.1) is 0 Å². The highest BCUT2D eigenvalue weighted by atomic mass is 35.5. The lowest BCUT2D eigenvalue weighted by molar-refractivity contribution is -0.132. The van der Waals surface area contributed by atoms with Crippen LogP contribution in [-0.4, -0.2) is 50.9 Å². The third-order valence-corrected chi connectivity index (χ3v) is 7.12. The van der Waals surface area contributed by atoms with Crippen LogP contribution in [0.1, 0.15) is 27.0 Å². The molecule has 0 fully saturated rings. The van der Waals surface area contributed by atoms with E-state index in [0.29, 0.717) is 28.5 Å². The summed E-state index contributed by atoms with van der Waals surface area (Å²) in [6.07, 6.45) is 4.81. The first-order valence-corrected chi connectivity index (χ1v) is 13.2. The molecule has 0 spiro atoms. The van der Waals surface area contributed by atoms with E-state index in [1.165, 1.54) is 6.08 Å². The molecule has 5 rings (SSSR count). The maximum absolute atomic E-state index is 12.8. The fourth-order valence-electron chi connectivity index (χ4n) is 4.63. The summed E-state index contributed by atoms with van der Waals surface area (Å²) in [6, 6.07) is 18.6. The topological polar surface area (TPSA) is 82.4 Å².